The first kappa shape index (κ1) is 28.6. The molecule has 2 aromatic heterocycles. The van der Waals surface area contributed by atoms with Gasteiger partial charge in [-0.1, -0.05) is 12.1 Å². The summed E-state index contributed by atoms with van der Waals surface area (Å²) in [5, 5.41) is 7.73. The number of para-hydroxylation sites is 1. The number of aryl methyl sites for hydroxylation is 1. The highest BCUT2D eigenvalue weighted by Crippen LogP contribution is 2.36. The number of rotatable bonds is 10. The van der Waals surface area contributed by atoms with E-state index in [4.69, 9.17) is 14.2 Å². The molecule has 0 spiro atoms. The molecular formula is C29H32FN5O5S. The second-order valence-electron chi connectivity index (χ2n) is 10.3. The molecule has 0 saturated heterocycles. The molecule has 2 aromatic carbocycles. The lowest BCUT2D eigenvalue weighted by Gasteiger charge is -2.25. The van der Waals surface area contributed by atoms with Crippen molar-refractivity contribution < 1.29 is 27.0 Å². The lowest BCUT2D eigenvalue weighted by atomic mass is 10.2. The molecule has 10 nitrogen and oxygen atoms in total. The van der Waals surface area contributed by atoms with Gasteiger partial charge < -0.3 is 14.2 Å². The Bertz CT molecular complexity index is 1590. The van der Waals surface area contributed by atoms with Crippen LogP contribution in [0.4, 0.5) is 4.39 Å². The number of fused-ring (bicyclic) bond motifs is 3. The Labute approximate surface area is 238 Å². The minimum Gasteiger partial charge on any atom is -0.491 e. The zero-order valence-corrected chi connectivity index (χ0v) is 24.1. The van der Waals surface area contributed by atoms with E-state index in [-0.39, 0.29) is 31.0 Å². The maximum Gasteiger partial charge on any atom is 0.168 e. The monoisotopic (exact) mass is 581 g/mol. The molecule has 0 unspecified atom stereocenters. The highest BCUT2D eigenvalue weighted by Gasteiger charge is 2.37. The SMILES string of the molecule is Cc1cnc([C@H](OC(C)C)[C@H](C)S(=O)(=O)Cc2nnc3n2[C@@H](COc2ccc(F)cc2)COc2ccccc2-3)nc1. The van der Waals surface area contributed by atoms with Gasteiger partial charge in [0.15, 0.2) is 21.5 Å². The Kier molecular flexibility index (Phi) is 8.32. The van der Waals surface area contributed by atoms with E-state index < -0.39 is 33.0 Å². The molecule has 12 heteroatoms. The molecule has 0 radical (unpaired) electrons. The van der Waals surface area contributed by atoms with Gasteiger partial charge in [0.05, 0.1) is 16.9 Å². The van der Waals surface area contributed by atoms with Gasteiger partial charge in [0.2, 0.25) is 0 Å². The molecule has 3 heterocycles. The minimum absolute atomic E-state index is 0.115. The fourth-order valence-corrected chi connectivity index (χ4v) is 5.98. The van der Waals surface area contributed by atoms with Gasteiger partial charge in [-0.05, 0) is 69.7 Å². The van der Waals surface area contributed by atoms with Gasteiger partial charge in [-0.2, -0.15) is 0 Å². The summed E-state index contributed by atoms with van der Waals surface area (Å²) < 4.78 is 61.0. The molecular weight excluding hydrogens is 549 g/mol. The number of halogens is 1. The Balaban J connectivity index is 1.48. The number of sulfone groups is 1. The first-order valence-corrected chi connectivity index (χ1v) is 15.0. The number of benzene rings is 2. The molecule has 0 aliphatic carbocycles. The van der Waals surface area contributed by atoms with E-state index in [2.05, 4.69) is 20.2 Å². The highest BCUT2D eigenvalue weighted by atomic mass is 32.2. The van der Waals surface area contributed by atoms with Gasteiger partial charge in [-0.25, -0.2) is 22.8 Å². The predicted octanol–water partition coefficient (Wildman–Crippen LogP) is 4.66. The van der Waals surface area contributed by atoms with Crippen LogP contribution in [0.2, 0.25) is 0 Å². The zero-order valence-electron chi connectivity index (χ0n) is 23.3. The third kappa shape index (κ3) is 6.38. The van der Waals surface area contributed by atoms with Crippen LogP contribution in [0, 0.1) is 12.7 Å². The zero-order chi connectivity index (χ0) is 29.1. The lowest BCUT2D eigenvalue weighted by molar-refractivity contribution is 0.00140. The molecule has 216 valence electrons. The maximum atomic E-state index is 13.9. The van der Waals surface area contributed by atoms with Crippen molar-refractivity contribution in [1.82, 2.24) is 24.7 Å². The summed E-state index contributed by atoms with van der Waals surface area (Å²) in [6, 6.07) is 12.6. The normalized spacial score (nSPS) is 16.3. The van der Waals surface area contributed by atoms with Gasteiger partial charge in [0, 0.05) is 12.4 Å². The average Bonchev–Trinajstić information content (AvgIpc) is 3.27. The minimum atomic E-state index is -3.86. The summed E-state index contributed by atoms with van der Waals surface area (Å²) in [6.07, 6.45) is 2.14. The van der Waals surface area contributed by atoms with Crippen LogP contribution in [0.5, 0.6) is 11.5 Å². The van der Waals surface area contributed by atoms with E-state index in [0.29, 0.717) is 28.7 Å². The molecule has 0 saturated carbocycles. The van der Waals surface area contributed by atoms with E-state index >= 15 is 0 Å². The molecule has 0 amide bonds. The summed E-state index contributed by atoms with van der Waals surface area (Å²) in [5.74, 6) is 1.32. The molecule has 1 aliphatic rings. The molecule has 5 rings (SSSR count). The van der Waals surface area contributed by atoms with Crippen LogP contribution >= 0.6 is 0 Å². The van der Waals surface area contributed by atoms with Crippen molar-refractivity contribution in [1.29, 1.82) is 0 Å². The molecule has 1 aliphatic heterocycles. The summed E-state index contributed by atoms with van der Waals surface area (Å²) in [4.78, 5) is 8.70. The van der Waals surface area contributed by atoms with E-state index in [1.54, 1.807) is 23.9 Å². The Morgan fingerprint density at radius 1 is 1.05 bits per heavy atom. The van der Waals surface area contributed by atoms with Crippen molar-refractivity contribution in [2.24, 2.45) is 0 Å². The largest absolute Gasteiger partial charge is 0.491 e. The van der Waals surface area contributed by atoms with E-state index in [1.165, 1.54) is 24.3 Å². The van der Waals surface area contributed by atoms with Gasteiger partial charge in [-0.15, -0.1) is 10.2 Å². The van der Waals surface area contributed by atoms with Gasteiger partial charge in [0.25, 0.3) is 0 Å². The number of hydrogen-bond donors (Lipinski definition) is 0. The number of aromatic nitrogens is 5. The van der Waals surface area contributed by atoms with E-state index in [0.717, 1.165) is 5.56 Å². The number of nitrogens with zero attached hydrogens (tertiary/aromatic N) is 5. The quantitative estimate of drug-likeness (QED) is 0.263. The lowest BCUT2D eigenvalue weighted by Crippen LogP contribution is -2.33. The van der Waals surface area contributed by atoms with Crippen LogP contribution < -0.4 is 9.47 Å². The van der Waals surface area contributed by atoms with Crippen LogP contribution in [-0.4, -0.2) is 57.7 Å². The fourth-order valence-electron chi connectivity index (χ4n) is 4.60. The Hall–Kier alpha value is -3.90. The summed E-state index contributed by atoms with van der Waals surface area (Å²) in [5.41, 5.74) is 1.55. The van der Waals surface area contributed by atoms with Gasteiger partial charge in [0.1, 0.15) is 54.3 Å². The second-order valence-corrected chi connectivity index (χ2v) is 12.6. The van der Waals surface area contributed by atoms with Crippen molar-refractivity contribution in [3.8, 4) is 22.9 Å². The molecule has 4 aromatic rings. The summed E-state index contributed by atoms with van der Waals surface area (Å²) in [6.45, 7) is 7.42. The van der Waals surface area contributed by atoms with Crippen molar-refractivity contribution in [2.45, 2.75) is 56.9 Å². The highest BCUT2D eigenvalue weighted by molar-refractivity contribution is 7.91. The second kappa shape index (κ2) is 11.9. The molecule has 3 atom stereocenters. The first-order valence-electron chi connectivity index (χ1n) is 13.3. The van der Waals surface area contributed by atoms with Crippen molar-refractivity contribution in [3.63, 3.8) is 0 Å². The van der Waals surface area contributed by atoms with Crippen LogP contribution in [0.25, 0.3) is 11.4 Å². The Morgan fingerprint density at radius 3 is 2.46 bits per heavy atom. The first-order chi connectivity index (χ1) is 19.6. The molecule has 0 bridgehead atoms. The Morgan fingerprint density at radius 2 is 1.76 bits per heavy atom. The van der Waals surface area contributed by atoms with Crippen molar-refractivity contribution in [3.05, 3.63) is 84.0 Å². The average molecular weight is 582 g/mol. The van der Waals surface area contributed by atoms with Crippen LogP contribution in [0.1, 0.15) is 50.1 Å². The fraction of sp³-hybridized carbons (Fsp3) is 0.379. The van der Waals surface area contributed by atoms with Crippen molar-refractivity contribution >= 4 is 9.84 Å². The third-order valence-electron chi connectivity index (χ3n) is 6.74. The smallest absolute Gasteiger partial charge is 0.168 e. The standard InChI is InChI=1S/C29H32FN5O5S/c1-18(2)40-27(28-31-13-19(3)14-32-28)20(4)41(36,37)17-26-33-34-29-24-7-5-6-8-25(24)39-16-22(35(26)29)15-38-23-11-9-21(30)10-12-23/h5-14,18,20,22,27H,15-17H2,1-4H3/t20-,22-,27+/m0/s1. The summed E-state index contributed by atoms with van der Waals surface area (Å²) in [7, 11) is -3.86. The van der Waals surface area contributed by atoms with Crippen LogP contribution in [0.15, 0.2) is 60.9 Å². The number of hydrogen-bond acceptors (Lipinski definition) is 9. The van der Waals surface area contributed by atoms with Crippen LogP contribution in [-0.2, 0) is 20.3 Å². The third-order valence-corrected chi connectivity index (χ3v) is 8.78. The van der Waals surface area contributed by atoms with Crippen molar-refractivity contribution in [2.75, 3.05) is 13.2 Å². The molecule has 0 fully saturated rings. The maximum absolute atomic E-state index is 13.9. The van der Waals surface area contributed by atoms with Gasteiger partial charge in [-0.3, -0.25) is 4.57 Å². The van der Waals surface area contributed by atoms with Crippen LogP contribution in [0.3, 0.4) is 0 Å². The van der Waals surface area contributed by atoms with E-state index in [1.807, 2.05) is 45.0 Å². The predicted molar refractivity (Wildman–Crippen MR) is 150 cm³/mol. The number of ether oxygens (including phenoxy) is 3. The topological polar surface area (TPSA) is 118 Å². The van der Waals surface area contributed by atoms with Gasteiger partial charge >= 0.3 is 0 Å². The summed E-state index contributed by atoms with van der Waals surface area (Å²) >= 11 is 0. The van der Waals surface area contributed by atoms with E-state index in [9.17, 15) is 12.8 Å². The molecule has 0 N–H and O–H groups in total. The molecule has 41 heavy (non-hydrogen) atoms.